The molecule has 1 aliphatic rings. The first-order chi connectivity index (χ1) is 8.19. The van der Waals surface area contributed by atoms with Gasteiger partial charge in [-0.15, -0.1) is 11.3 Å². The number of hydrogen-bond acceptors (Lipinski definition) is 5. The van der Waals surface area contributed by atoms with Crippen molar-refractivity contribution in [2.75, 3.05) is 12.4 Å². The lowest BCUT2D eigenvalue weighted by molar-refractivity contribution is 0.0979. The van der Waals surface area contributed by atoms with Gasteiger partial charge in [0.05, 0.1) is 11.3 Å². The van der Waals surface area contributed by atoms with Gasteiger partial charge in [-0.05, 0) is 6.42 Å². The maximum atomic E-state index is 11.9. The number of nitrogens with zero attached hydrogens (tertiary/aromatic N) is 3. The summed E-state index contributed by atoms with van der Waals surface area (Å²) in [5.74, 6) is 0.108. The van der Waals surface area contributed by atoms with Crippen LogP contribution in [0.15, 0.2) is 6.20 Å². The smallest absolute Gasteiger partial charge is 0.184 e. The average molecular weight is 248 g/mol. The first-order valence-electron chi connectivity index (χ1n) is 5.43. The molecule has 0 fully saturated rings. The highest BCUT2D eigenvalue weighted by Gasteiger charge is 2.26. The molecule has 6 heteroatoms. The van der Waals surface area contributed by atoms with Gasteiger partial charge >= 0.3 is 0 Å². The summed E-state index contributed by atoms with van der Waals surface area (Å²) in [6.07, 6.45) is 3.15. The minimum Gasteiger partial charge on any atom is -0.365 e. The fraction of sp³-hybridized carbons (Fsp3) is 0.364. The zero-order chi connectivity index (χ0) is 12.0. The Bertz CT molecular complexity index is 599. The molecule has 1 N–H and O–H groups in total. The van der Waals surface area contributed by atoms with Gasteiger partial charge in [-0.3, -0.25) is 9.48 Å². The number of rotatable bonds is 1. The van der Waals surface area contributed by atoms with Crippen molar-refractivity contribution in [1.29, 1.82) is 0 Å². The molecular weight excluding hydrogens is 236 g/mol. The van der Waals surface area contributed by atoms with Gasteiger partial charge in [0, 0.05) is 31.6 Å². The summed E-state index contributed by atoms with van der Waals surface area (Å²) in [5, 5.41) is 8.17. The SMILES string of the molecule is CNc1nc2c(s1)CCC(=O)c1nn(C)cc1-2. The van der Waals surface area contributed by atoms with Crippen LogP contribution < -0.4 is 5.32 Å². The molecule has 0 saturated carbocycles. The molecule has 3 rings (SSSR count). The van der Waals surface area contributed by atoms with Crippen LogP contribution in [-0.4, -0.2) is 27.6 Å². The Morgan fingerprint density at radius 2 is 2.24 bits per heavy atom. The number of hydrogen-bond donors (Lipinski definition) is 1. The zero-order valence-corrected chi connectivity index (χ0v) is 10.5. The summed E-state index contributed by atoms with van der Waals surface area (Å²) in [4.78, 5) is 17.6. The van der Waals surface area contributed by atoms with E-state index in [2.05, 4.69) is 15.4 Å². The Hall–Kier alpha value is -1.69. The third-order valence-electron chi connectivity index (χ3n) is 2.84. The van der Waals surface area contributed by atoms with Crippen molar-refractivity contribution in [3.05, 3.63) is 16.8 Å². The topological polar surface area (TPSA) is 59.8 Å². The van der Waals surface area contributed by atoms with Crippen molar-refractivity contribution >= 4 is 22.3 Å². The predicted octanol–water partition coefficient (Wildman–Crippen LogP) is 1.71. The standard InChI is InChI=1S/C11H12N4OS/c1-12-11-13-10-6-5-15(2)14-9(6)7(16)3-4-8(10)17-11/h5H,3-4H2,1-2H3,(H,12,13). The fourth-order valence-electron chi connectivity index (χ4n) is 2.05. The lowest BCUT2D eigenvalue weighted by atomic mass is 10.1. The summed E-state index contributed by atoms with van der Waals surface area (Å²) in [6, 6.07) is 0. The van der Waals surface area contributed by atoms with Crippen LogP contribution in [0.2, 0.25) is 0 Å². The molecule has 0 aliphatic heterocycles. The molecule has 1 aliphatic carbocycles. The summed E-state index contributed by atoms with van der Waals surface area (Å²) >= 11 is 1.61. The highest BCUT2D eigenvalue weighted by atomic mass is 32.1. The molecule has 88 valence electrons. The molecular formula is C11H12N4OS. The van der Waals surface area contributed by atoms with Crippen LogP contribution in [0, 0.1) is 0 Å². The number of ketones is 1. The second-order valence-corrected chi connectivity index (χ2v) is 5.11. The van der Waals surface area contributed by atoms with Crippen LogP contribution in [0.4, 0.5) is 5.13 Å². The monoisotopic (exact) mass is 248 g/mol. The highest BCUT2D eigenvalue weighted by molar-refractivity contribution is 7.16. The molecule has 0 aromatic carbocycles. The number of fused-ring (bicyclic) bond motifs is 3. The molecule has 0 atom stereocenters. The van der Waals surface area contributed by atoms with Gasteiger partial charge in [0.15, 0.2) is 10.9 Å². The molecule has 2 aromatic heterocycles. The van der Waals surface area contributed by atoms with Crippen molar-refractivity contribution in [2.24, 2.45) is 7.05 Å². The largest absolute Gasteiger partial charge is 0.365 e. The van der Waals surface area contributed by atoms with E-state index in [4.69, 9.17) is 0 Å². The van der Waals surface area contributed by atoms with Crippen LogP contribution in [0.3, 0.4) is 0 Å². The summed E-state index contributed by atoms with van der Waals surface area (Å²) < 4.78 is 1.68. The predicted molar refractivity (Wildman–Crippen MR) is 66.5 cm³/mol. The number of aromatic nitrogens is 3. The summed E-state index contributed by atoms with van der Waals surface area (Å²) in [6.45, 7) is 0. The maximum Gasteiger partial charge on any atom is 0.184 e. The number of carbonyl (C=O) groups excluding carboxylic acids is 1. The minimum atomic E-state index is 0.108. The van der Waals surface area contributed by atoms with Crippen LogP contribution in [0.1, 0.15) is 21.8 Å². The zero-order valence-electron chi connectivity index (χ0n) is 9.65. The second-order valence-electron chi connectivity index (χ2n) is 4.03. The van der Waals surface area contributed by atoms with Gasteiger partial charge in [0.25, 0.3) is 0 Å². The third kappa shape index (κ3) is 1.56. The van der Waals surface area contributed by atoms with Crippen molar-refractivity contribution in [2.45, 2.75) is 12.8 Å². The van der Waals surface area contributed by atoms with E-state index in [0.717, 1.165) is 27.7 Å². The average Bonchev–Trinajstić information content (AvgIpc) is 2.86. The maximum absolute atomic E-state index is 11.9. The first-order valence-corrected chi connectivity index (χ1v) is 6.25. The highest BCUT2D eigenvalue weighted by Crippen LogP contribution is 2.36. The van der Waals surface area contributed by atoms with E-state index in [0.29, 0.717) is 12.1 Å². The van der Waals surface area contributed by atoms with Gasteiger partial charge in [-0.1, -0.05) is 0 Å². The Morgan fingerprint density at radius 3 is 3.00 bits per heavy atom. The molecule has 0 saturated heterocycles. The number of nitrogens with one attached hydrogen (secondary N) is 1. The van der Waals surface area contributed by atoms with Gasteiger partial charge in [-0.25, -0.2) is 4.98 Å². The molecule has 5 nitrogen and oxygen atoms in total. The van der Waals surface area contributed by atoms with E-state index in [-0.39, 0.29) is 5.78 Å². The number of carbonyl (C=O) groups is 1. The van der Waals surface area contributed by atoms with E-state index < -0.39 is 0 Å². The van der Waals surface area contributed by atoms with E-state index in [9.17, 15) is 4.79 Å². The second kappa shape index (κ2) is 3.66. The van der Waals surface area contributed by atoms with Crippen molar-refractivity contribution in [1.82, 2.24) is 14.8 Å². The Morgan fingerprint density at radius 1 is 1.41 bits per heavy atom. The van der Waals surface area contributed by atoms with Gasteiger partial charge in [0.2, 0.25) is 0 Å². The number of anilines is 1. The summed E-state index contributed by atoms with van der Waals surface area (Å²) in [5.41, 5.74) is 2.33. The lowest BCUT2D eigenvalue weighted by Gasteiger charge is -1.93. The lowest BCUT2D eigenvalue weighted by Crippen LogP contribution is -2.01. The van der Waals surface area contributed by atoms with Crippen molar-refractivity contribution in [3.8, 4) is 11.3 Å². The van der Waals surface area contributed by atoms with E-state index in [1.807, 2.05) is 20.3 Å². The molecule has 2 aromatic rings. The molecule has 0 amide bonds. The Kier molecular flexibility index (Phi) is 2.25. The molecule has 0 spiro atoms. The first kappa shape index (κ1) is 10.5. The summed E-state index contributed by atoms with van der Waals surface area (Å²) in [7, 11) is 3.68. The Balaban J connectivity index is 2.24. The molecule has 0 radical (unpaired) electrons. The quantitative estimate of drug-likeness (QED) is 0.834. The van der Waals surface area contributed by atoms with E-state index in [1.165, 1.54) is 0 Å². The molecule has 0 unspecified atom stereocenters. The van der Waals surface area contributed by atoms with Crippen molar-refractivity contribution in [3.63, 3.8) is 0 Å². The minimum absolute atomic E-state index is 0.108. The van der Waals surface area contributed by atoms with Gasteiger partial charge < -0.3 is 5.32 Å². The molecule has 2 heterocycles. The number of aryl methyl sites for hydroxylation is 2. The third-order valence-corrected chi connectivity index (χ3v) is 3.97. The van der Waals surface area contributed by atoms with Crippen LogP contribution in [-0.2, 0) is 13.5 Å². The Labute approximate surface area is 102 Å². The van der Waals surface area contributed by atoms with Crippen molar-refractivity contribution < 1.29 is 4.79 Å². The van der Waals surface area contributed by atoms with Gasteiger partial charge in [-0.2, -0.15) is 5.10 Å². The van der Waals surface area contributed by atoms with E-state index >= 15 is 0 Å². The number of Topliss-reactive ketones (excluding diaryl/α,β-unsaturated/α-hetero) is 1. The molecule has 17 heavy (non-hydrogen) atoms. The van der Waals surface area contributed by atoms with Crippen LogP contribution in [0.5, 0.6) is 0 Å². The van der Waals surface area contributed by atoms with Crippen LogP contribution in [0.25, 0.3) is 11.3 Å². The molecule has 0 bridgehead atoms. The number of thiazole rings is 1. The normalized spacial score (nSPS) is 14.1. The van der Waals surface area contributed by atoms with E-state index in [1.54, 1.807) is 16.0 Å². The fourth-order valence-corrected chi connectivity index (χ4v) is 2.98. The van der Waals surface area contributed by atoms with Crippen LogP contribution >= 0.6 is 11.3 Å². The van der Waals surface area contributed by atoms with Gasteiger partial charge in [0.1, 0.15) is 5.69 Å².